The van der Waals surface area contributed by atoms with Crippen LogP contribution < -0.4 is 5.73 Å². The van der Waals surface area contributed by atoms with Crippen LogP contribution in [0.15, 0.2) is 24.3 Å². The minimum absolute atomic E-state index is 0.338. The van der Waals surface area contributed by atoms with E-state index in [1.807, 2.05) is 0 Å². The summed E-state index contributed by atoms with van der Waals surface area (Å²) in [7, 11) is 0. The van der Waals surface area contributed by atoms with Crippen molar-refractivity contribution in [2.24, 2.45) is 5.73 Å². The molecular weight excluding hydrogens is 190 g/mol. The van der Waals surface area contributed by atoms with Crippen LogP contribution >= 0.6 is 11.6 Å². The van der Waals surface area contributed by atoms with E-state index in [0.717, 1.165) is 5.56 Å². The number of nitrogens with two attached hydrogens (primary N) is 1. The second kappa shape index (κ2) is 4.14. The Morgan fingerprint density at radius 3 is 2.46 bits per heavy atom. The molecule has 0 bridgehead atoms. The number of primary amides is 1. The van der Waals surface area contributed by atoms with Crippen LogP contribution in [-0.2, 0) is 4.74 Å². The summed E-state index contributed by atoms with van der Waals surface area (Å²) in [6, 6.07) is 7.04. The molecule has 1 rings (SSSR count). The van der Waals surface area contributed by atoms with Crippen molar-refractivity contribution < 1.29 is 9.53 Å². The quantitative estimate of drug-likeness (QED) is 0.796. The molecule has 0 heterocycles. The van der Waals surface area contributed by atoms with E-state index in [0.29, 0.717) is 5.02 Å². The molecule has 2 N–H and O–H groups in total. The van der Waals surface area contributed by atoms with Crippen molar-refractivity contribution in [3.05, 3.63) is 34.9 Å². The van der Waals surface area contributed by atoms with E-state index in [1.165, 1.54) is 0 Å². The molecule has 0 spiro atoms. The fraction of sp³-hybridized carbons (Fsp3) is 0.222. The standard InChI is InChI=1S/C9H10ClNO2/c1-6(13-9(11)12)7-2-4-8(10)5-3-7/h2-6H,1H3,(H2,11,12)/t6-/m0/s1. The predicted molar refractivity (Wildman–Crippen MR) is 50.5 cm³/mol. The summed E-state index contributed by atoms with van der Waals surface area (Å²) in [6.45, 7) is 1.74. The number of carbonyl (C=O) groups excluding carboxylic acids is 1. The van der Waals surface area contributed by atoms with E-state index in [2.05, 4.69) is 0 Å². The highest BCUT2D eigenvalue weighted by molar-refractivity contribution is 6.30. The number of amides is 1. The molecule has 0 saturated heterocycles. The van der Waals surface area contributed by atoms with Crippen molar-refractivity contribution in [3.8, 4) is 0 Å². The molecule has 4 heteroatoms. The maximum absolute atomic E-state index is 10.4. The smallest absolute Gasteiger partial charge is 0.405 e. The predicted octanol–water partition coefficient (Wildman–Crippen LogP) is 2.50. The molecule has 1 aromatic rings. The van der Waals surface area contributed by atoms with E-state index in [4.69, 9.17) is 22.1 Å². The summed E-state index contributed by atoms with van der Waals surface area (Å²) < 4.78 is 4.77. The molecule has 0 unspecified atom stereocenters. The lowest BCUT2D eigenvalue weighted by Crippen LogP contribution is -2.15. The van der Waals surface area contributed by atoms with Gasteiger partial charge in [0.15, 0.2) is 0 Å². The summed E-state index contributed by atoms with van der Waals surface area (Å²) in [6.07, 6.45) is -1.11. The normalized spacial score (nSPS) is 12.2. The third-order valence-electron chi connectivity index (χ3n) is 1.63. The van der Waals surface area contributed by atoms with Gasteiger partial charge >= 0.3 is 6.09 Å². The summed E-state index contributed by atoms with van der Waals surface area (Å²) in [4.78, 5) is 10.4. The van der Waals surface area contributed by atoms with Gasteiger partial charge in [-0.05, 0) is 24.6 Å². The molecular formula is C9H10ClNO2. The van der Waals surface area contributed by atoms with Crippen LogP contribution in [0.1, 0.15) is 18.6 Å². The Morgan fingerprint density at radius 2 is 2.00 bits per heavy atom. The number of hydrogen-bond donors (Lipinski definition) is 1. The van der Waals surface area contributed by atoms with Crippen molar-refractivity contribution in [3.63, 3.8) is 0 Å². The Bertz CT molecular complexity index is 297. The topological polar surface area (TPSA) is 52.3 Å². The summed E-state index contributed by atoms with van der Waals surface area (Å²) in [5.41, 5.74) is 5.74. The molecule has 0 saturated carbocycles. The first-order chi connectivity index (χ1) is 6.09. The average molecular weight is 200 g/mol. The third kappa shape index (κ3) is 2.95. The highest BCUT2D eigenvalue weighted by Crippen LogP contribution is 2.18. The number of halogens is 1. The van der Waals surface area contributed by atoms with E-state index in [-0.39, 0.29) is 6.10 Å². The highest BCUT2D eigenvalue weighted by atomic mass is 35.5. The van der Waals surface area contributed by atoms with Gasteiger partial charge in [0.25, 0.3) is 0 Å². The first-order valence-corrected chi connectivity index (χ1v) is 4.19. The lowest BCUT2D eigenvalue weighted by atomic mass is 10.1. The first-order valence-electron chi connectivity index (χ1n) is 3.81. The SMILES string of the molecule is C[C@H](OC(N)=O)c1ccc(Cl)cc1. The highest BCUT2D eigenvalue weighted by Gasteiger charge is 2.07. The zero-order chi connectivity index (χ0) is 9.84. The Kier molecular flexibility index (Phi) is 3.14. The van der Waals surface area contributed by atoms with Gasteiger partial charge in [-0.15, -0.1) is 0 Å². The van der Waals surface area contributed by atoms with Gasteiger partial charge < -0.3 is 10.5 Å². The molecule has 1 atom stereocenters. The molecule has 13 heavy (non-hydrogen) atoms. The molecule has 3 nitrogen and oxygen atoms in total. The monoisotopic (exact) mass is 199 g/mol. The van der Waals surface area contributed by atoms with Crippen molar-refractivity contribution in [1.29, 1.82) is 0 Å². The summed E-state index contributed by atoms with van der Waals surface area (Å²) >= 11 is 5.69. The molecule has 70 valence electrons. The summed E-state index contributed by atoms with van der Waals surface area (Å²) in [5.74, 6) is 0. The lowest BCUT2D eigenvalue weighted by molar-refractivity contribution is 0.116. The van der Waals surface area contributed by atoms with Gasteiger partial charge in [-0.3, -0.25) is 0 Å². The second-order valence-electron chi connectivity index (χ2n) is 2.63. The fourth-order valence-electron chi connectivity index (χ4n) is 0.976. The van der Waals surface area contributed by atoms with Gasteiger partial charge in [0, 0.05) is 5.02 Å². The Balaban J connectivity index is 2.71. The van der Waals surface area contributed by atoms with Crippen molar-refractivity contribution >= 4 is 17.7 Å². The van der Waals surface area contributed by atoms with Gasteiger partial charge in [0.1, 0.15) is 6.10 Å². The number of carbonyl (C=O) groups is 1. The lowest BCUT2D eigenvalue weighted by Gasteiger charge is -2.11. The molecule has 1 amide bonds. The van der Waals surface area contributed by atoms with Gasteiger partial charge in [-0.1, -0.05) is 23.7 Å². The molecule has 0 aliphatic rings. The van der Waals surface area contributed by atoms with E-state index < -0.39 is 6.09 Å². The maximum Gasteiger partial charge on any atom is 0.405 e. The van der Waals surface area contributed by atoms with Crippen LogP contribution in [0.5, 0.6) is 0 Å². The third-order valence-corrected chi connectivity index (χ3v) is 1.88. The van der Waals surface area contributed by atoms with Crippen LogP contribution in [0.2, 0.25) is 5.02 Å². The molecule has 1 aromatic carbocycles. The van der Waals surface area contributed by atoms with Crippen molar-refractivity contribution in [2.45, 2.75) is 13.0 Å². The van der Waals surface area contributed by atoms with Crippen molar-refractivity contribution in [1.82, 2.24) is 0 Å². The number of benzene rings is 1. The Hall–Kier alpha value is -1.22. The van der Waals surface area contributed by atoms with E-state index in [9.17, 15) is 4.79 Å². The Morgan fingerprint density at radius 1 is 1.46 bits per heavy atom. The zero-order valence-corrected chi connectivity index (χ0v) is 7.91. The molecule has 0 aromatic heterocycles. The van der Waals surface area contributed by atoms with Gasteiger partial charge in [0.05, 0.1) is 0 Å². The summed E-state index contributed by atoms with van der Waals surface area (Å²) in [5, 5.41) is 0.648. The van der Waals surface area contributed by atoms with Gasteiger partial charge in [-0.2, -0.15) is 0 Å². The molecule has 0 aliphatic heterocycles. The molecule has 0 fully saturated rings. The van der Waals surface area contributed by atoms with Crippen LogP contribution in [0.4, 0.5) is 4.79 Å². The van der Waals surface area contributed by atoms with Gasteiger partial charge in [0.2, 0.25) is 0 Å². The Labute approximate surface area is 81.4 Å². The van der Waals surface area contributed by atoms with Gasteiger partial charge in [-0.25, -0.2) is 4.79 Å². The zero-order valence-electron chi connectivity index (χ0n) is 7.16. The maximum atomic E-state index is 10.4. The number of rotatable bonds is 2. The molecule has 0 aliphatic carbocycles. The second-order valence-corrected chi connectivity index (χ2v) is 3.07. The minimum Gasteiger partial charge on any atom is -0.442 e. The number of hydrogen-bond acceptors (Lipinski definition) is 2. The van der Waals surface area contributed by atoms with Crippen LogP contribution in [0, 0.1) is 0 Å². The first kappa shape index (κ1) is 9.86. The van der Waals surface area contributed by atoms with E-state index >= 15 is 0 Å². The largest absolute Gasteiger partial charge is 0.442 e. The van der Waals surface area contributed by atoms with E-state index in [1.54, 1.807) is 31.2 Å². The number of ether oxygens (including phenoxy) is 1. The van der Waals surface area contributed by atoms with Crippen LogP contribution in [-0.4, -0.2) is 6.09 Å². The average Bonchev–Trinajstić information content (AvgIpc) is 2.04. The fourth-order valence-corrected chi connectivity index (χ4v) is 1.10. The van der Waals surface area contributed by atoms with Crippen LogP contribution in [0.25, 0.3) is 0 Å². The molecule has 0 radical (unpaired) electrons. The van der Waals surface area contributed by atoms with Crippen LogP contribution in [0.3, 0.4) is 0 Å². The minimum atomic E-state index is -0.776. The van der Waals surface area contributed by atoms with Crippen molar-refractivity contribution in [2.75, 3.05) is 0 Å².